The van der Waals surface area contributed by atoms with E-state index >= 15 is 0 Å². The average Bonchev–Trinajstić information content (AvgIpc) is 2.78. The van der Waals surface area contributed by atoms with Gasteiger partial charge in [0.15, 0.2) is 0 Å². The summed E-state index contributed by atoms with van der Waals surface area (Å²) in [4.78, 5) is 0. The van der Waals surface area contributed by atoms with Gasteiger partial charge in [-0.3, -0.25) is 4.68 Å². The van der Waals surface area contributed by atoms with E-state index in [2.05, 4.69) is 36.4 Å². The van der Waals surface area contributed by atoms with Gasteiger partial charge in [-0.05, 0) is 20.8 Å². The highest BCUT2D eigenvalue weighted by Gasteiger charge is 2.06. The lowest BCUT2D eigenvalue weighted by Crippen LogP contribution is -2.38. The van der Waals surface area contributed by atoms with Crippen molar-refractivity contribution in [2.45, 2.75) is 32.9 Å². The molecule has 0 amide bonds. The second kappa shape index (κ2) is 8.18. The van der Waals surface area contributed by atoms with Gasteiger partial charge in [-0.1, -0.05) is 5.21 Å². The van der Waals surface area contributed by atoms with Gasteiger partial charge in [0.05, 0.1) is 39.2 Å². The molecule has 1 aromatic rings. The fourth-order valence-electron chi connectivity index (χ4n) is 1.33. The molecule has 1 heterocycles. The van der Waals surface area contributed by atoms with Crippen molar-refractivity contribution in [2.24, 2.45) is 0 Å². The first-order valence-electron chi connectivity index (χ1n) is 6.32. The molecule has 0 aliphatic rings. The van der Waals surface area contributed by atoms with Gasteiger partial charge in [0.2, 0.25) is 0 Å². The first-order valence-corrected chi connectivity index (χ1v) is 6.32. The van der Waals surface area contributed by atoms with E-state index in [4.69, 9.17) is 9.47 Å². The third-order valence-electron chi connectivity index (χ3n) is 2.21. The van der Waals surface area contributed by atoms with E-state index in [9.17, 15) is 0 Å². The molecule has 1 N–H and O–H groups in total. The summed E-state index contributed by atoms with van der Waals surface area (Å²) in [6, 6.07) is 0. The summed E-state index contributed by atoms with van der Waals surface area (Å²) >= 11 is 0. The Labute approximate surface area is 109 Å². The van der Waals surface area contributed by atoms with Crippen LogP contribution in [0.1, 0.15) is 20.8 Å². The molecule has 6 heteroatoms. The van der Waals surface area contributed by atoms with Gasteiger partial charge in [0, 0.05) is 18.3 Å². The number of hydrogen-bond donors (Lipinski definition) is 1. The second-order valence-electron chi connectivity index (χ2n) is 5.07. The molecule has 0 unspecified atom stereocenters. The Kier molecular flexibility index (Phi) is 6.85. The predicted octanol–water partition coefficient (Wildman–Crippen LogP) is 0.699. The van der Waals surface area contributed by atoms with E-state index in [0.29, 0.717) is 26.4 Å². The van der Waals surface area contributed by atoms with Crippen LogP contribution in [0.2, 0.25) is 0 Å². The minimum Gasteiger partial charge on any atom is -0.378 e. The molecule has 6 nitrogen and oxygen atoms in total. The Morgan fingerprint density at radius 1 is 1.11 bits per heavy atom. The van der Waals surface area contributed by atoms with Gasteiger partial charge in [-0.25, -0.2) is 0 Å². The molecule has 0 bridgehead atoms. The molecule has 1 aromatic heterocycles. The van der Waals surface area contributed by atoms with Crippen LogP contribution in [0, 0.1) is 0 Å². The molecular weight excluding hydrogens is 232 g/mol. The molecule has 0 aromatic carbocycles. The van der Waals surface area contributed by atoms with Gasteiger partial charge >= 0.3 is 0 Å². The number of rotatable bonds is 9. The molecule has 18 heavy (non-hydrogen) atoms. The van der Waals surface area contributed by atoms with Gasteiger partial charge in [-0.15, -0.1) is 5.10 Å². The maximum absolute atomic E-state index is 5.44. The van der Waals surface area contributed by atoms with E-state index in [1.54, 1.807) is 10.9 Å². The zero-order valence-corrected chi connectivity index (χ0v) is 11.6. The largest absolute Gasteiger partial charge is 0.378 e. The van der Waals surface area contributed by atoms with Crippen LogP contribution < -0.4 is 5.32 Å². The predicted molar refractivity (Wildman–Crippen MR) is 69.4 cm³/mol. The maximum atomic E-state index is 5.44. The SMILES string of the molecule is CC(C)(C)NCCOCCOCCn1ccnn1. The van der Waals surface area contributed by atoms with Crippen LogP contribution in [0.5, 0.6) is 0 Å². The van der Waals surface area contributed by atoms with E-state index < -0.39 is 0 Å². The summed E-state index contributed by atoms with van der Waals surface area (Å²) in [5, 5.41) is 10.9. The average molecular weight is 256 g/mol. The third-order valence-corrected chi connectivity index (χ3v) is 2.21. The topological polar surface area (TPSA) is 61.2 Å². The minimum absolute atomic E-state index is 0.150. The fraction of sp³-hybridized carbons (Fsp3) is 0.833. The fourth-order valence-corrected chi connectivity index (χ4v) is 1.33. The van der Waals surface area contributed by atoms with Gasteiger partial charge < -0.3 is 14.8 Å². The van der Waals surface area contributed by atoms with Crippen molar-refractivity contribution in [1.82, 2.24) is 20.3 Å². The smallest absolute Gasteiger partial charge is 0.0701 e. The molecular formula is C12H24N4O2. The normalized spacial score (nSPS) is 11.9. The van der Waals surface area contributed by atoms with Crippen molar-refractivity contribution in [1.29, 1.82) is 0 Å². The van der Waals surface area contributed by atoms with Crippen molar-refractivity contribution in [3.05, 3.63) is 12.4 Å². The summed E-state index contributed by atoms with van der Waals surface area (Å²) in [7, 11) is 0. The minimum atomic E-state index is 0.150. The van der Waals surface area contributed by atoms with Crippen LogP contribution in [0.3, 0.4) is 0 Å². The van der Waals surface area contributed by atoms with Crippen LogP contribution in [0.25, 0.3) is 0 Å². The molecule has 0 aliphatic heterocycles. The molecule has 0 saturated heterocycles. The maximum Gasteiger partial charge on any atom is 0.0701 e. The lowest BCUT2D eigenvalue weighted by atomic mass is 10.1. The van der Waals surface area contributed by atoms with Crippen molar-refractivity contribution < 1.29 is 9.47 Å². The molecule has 0 spiro atoms. The summed E-state index contributed by atoms with van der Waals surface area (Å²) in [5.74, 6) is 0. The van der Waals surface area contributed by atoms with Gasteiger partial charge in [0.25, 0.3) is 0 Å². The van der Waals surface area contributed by atoms with Crippen molar-refractivity contribution >= 4 is 0 Å². The first kappa shape index (κ1) is 15.1. The summed E-state index contributed by atoms with van der Waals surface area (Å²) in [6.45, 7) is 10.6. The zero-order valence-electron chi connectivity index (χ0n) is 11.6. The Hall–Kier alpha value is -0.980. The Morgan fingerprint density at radius 2 is 1.83 bits per heavy atom. The summed E-state index contributed by atoms with van der Waals surface area (Å²) < 4.78 is 12.6. The van der Waals surface area contributed by atoms with Crippen molar-refractivity contribution in [3.63, 3.8) is 0 Å². The van der Waals surface area contributed by atoms with Crippen LogP contribution in [-0.4, -0.2) is 53.5 Å². The van der Waals surface area contributed by atoms with Gasteiger partial charge in [-0.2, -0.15) is 0 Å². The number of ether oxygens (including phenoxy) is 2. The van der Waals surface area contributed by atoms with Crippen LogP contribution >= 0.6 is 0 Å². The number of nitrogens with zero attached hydrogens (tertiary/aromatic N) is 3. The van der Waals surface area contributed by atoms with Crippen LogP contribution in [0.15, 0.2) is 12.4 Å². The van der Waals surface area contributed by atoms with E-state index in [1.165, 1.54) is 0 Å². The molecule has 0 atom stereocenters. The Bertz CT molecular complexity index is 296. The Balaban J connectivity index is 1.82. The first-order chi connectivity index (χ1) is 8.58. The quantitative estimate of drug-likeness (QED) is 0.659. The van der Waals surface area contributed by atoms with E-state index in [-0.39, 0.29) is 5.54 Å². The summed E-state index contributed by atoms with van der Waals surface area (Å²) in [5.41, 5.74) is 0.150. The molecule has 0 aliphatic carbocycles. The number of hydrogen-bond acceptors (Lipinski definition) is 5. The molecule has 104 valence electrons. The van der Waals surface area contributed by atoms with E-state index in [0.717, 1.165) is 13.1 Å². The summed E-state index contributed by atoms with van der Waals surface area (Å²) in [6.07, 6.45) is 3.48. The number of aromatic nitrogens is 3. The highest BCUT2D eigenvalue weighted by Crippen LogP contribution is 1.96. The van der Waals surface area contributed by atoms with Crippen LogP contribution in [0.4, 0.5) is 0 Å². The van der Waals surface area contributed by atoms with Gasteiger partial charge in [0.1, 0.15) is 0 Å². The molecule has 1 rings (SSSR count). The monoisotopic (exact) mass is 256 g/mol. The van der Waals surface area contributed by atoms with Crippen molar-refractivity contribution in [2.75, 3.05) is 33.0 Å². The highest BCUT2D eigenvalue weighted by molar-refractivity contribution is 4.69. The molecule has 0 radical (unpaired) electrons. The Morgan fingerprint density at radius 3 is 2.44 bits per heavy atom. The second-order valence-corrected chi connectivity index (χ2v) is 5.07. The molecule has 0 fully saturated rings. The van der Waals surface area contributed by atoms with Crippen LogP contribution in [-0.2, 0) is 16.0 Å². The zero-order chi connectivity index (χ0) is 13.3. The standard InChI is InChI=1S/C12H24N4O2/c1-12(2,3)13-5-8-17-10-11-18-9-7-16-6-4-14-15-16/h4,6,13H,5,7-11H2,1-3H3. The highest BCUT2D eigenvalue weighted by atomic mass is 16.5. The third kappa shape index (κ3) is 8.16. The lowest BCUT2D eigenvalue weighted by molar-refractivity contribution is 0.0436. The lowest BCUT2D eigenvalue weighted by Gasteiger charge is -2.20. The van der Waals surface area contributed by atoms with Crippen molar-refractivity contribution in [3.8, 4) is 0 Å². The number of nitrogens with one attached hydrogen (secondary N) is 1. The van der Waals surface area contributed by atoms with E-state index in [1.807, 2.05) is 6.20 Å². The molecule has 0 saturated carbocycles.